The number of hydrogen-bond acceptors (Lipinski definition) is 2. The van der Waals surface area contributed by atoms with Crippen molar-refractivity contribution in [1.29, 1.82) is 0 Å². The second kappa shape index (κ2) is 7.17. The topological polar surface area (TPSA) is 21.3 Å². The van der Waals surface area contributed by atoms with Gasteiger partial charge in [0.2, 0.25) is 0 Å². The highest BCUT2D eigenvalue weighted by Crippen LogP contribution is 2.33. The molecule has 4 heteroatoms. The maximum absolute atomic E-state index is 6.19. The molecule has 2 aromatic carbocycles. The van der Waals surface area contributed by atoms with Crippen molar-refractivity contribution in [2.24, 2.45) is 0 Å². The zero-order valence-electron chi connectivity index (χ0n) is 12.4. The standard InChI is InChI=1S/C17H19Cl2NO/c1-11(2)20-10-13-5-6-14(18)9-16(13)21-17-8-12(3)4-7-15(17)19/h4-9,11,20H,10H2,1-3H3. The molecule has 0 saturated carbocycles. The van der Waals surface area contributed by atoms with Gasteiger partial charge in [-0.1, -0.05) is 49.2 Å². The first-order chi connectivity index (χ1) is 9.95. The number of rotatable bonds is 5. The van der Waals surface area contributed by atoms with Gasteiger partial charge in [0.05, 0.1) is 5.02 Å². The minimum atomic E-state index is 0.399. The fourth-order valence-corrected chi connectivity index (χ4v) is 2.21. The largest absolute Gasteiger partial charge is 0.455 e. The lowest BCUT2D eigenvalue weighted by atomic mass is 10.2. The molecular weight excluding hydrogens is 305 g/mol. The highest BCUT2D eigenvalue weighted by molar-refractivity contribution is 6.32. The third-order valence-corrected chi connectivity index (χ3v) is 3.58. The molecule has 0 fully saturated rings. The maximum atomic E-state index is 6.19. The Morgan fingerprint density at radius 3 is 2.52 bits per heavy atom. The molecule has 0 heterocycles. The monoisotopic (exact) mass is 323 g/mol. The highest BCUT2D eigenvalue weighted by Gasteiger charge is 2.09. The quantitative estimate of drug-likeness (QED) is 0.774. The SMILES string of the molecule is Cc1ccc(Cl)c(Oc2cc(Cl)ccc2CNC(C)C)c1. The first kappa shape index (κ1) is 16.2. The van der Waals surface area contributed by atoms with Crippen LogP contribution in [-0.4, -0.2) is 6.04 Å². The maximum Gasteiger partial charge on any atom is 0.146 e. The third kappa shape index (κ3) is 4.63. The first-order valence-corrected chi connectivity index (χ1v) is 7.67. The van der Waals surface area contributed by atoms with E-state index in [1.54, 1.807) is 0 Å². The Hall–Kier alpha value is -1.22. The van der Waals surface area contributed by atoms with Crippen LogP contribution in [0.2, 0.25) is 10.0 Å². The molecule has 0 atom stereocenters. The van der Waals surface area contributed by atoms with E-state index in [-0.39, 0.29) is 0 Å². The zero-order chi connectivity index (χ0) is 15.4. The first-order valence-electron chi connectivity index (χ1n) is 6.91. The number of nitrogens with one attached hydrogen (secondary N) is 1. The van der Waals surface area contributed by atoms with E-state index in [0.717, 1.165) is 16.9 Å². The summed E-state index contributed by atoms with van der Waals surface area (Å²) in [7, 11) is 0. The molecule has 2 aromatic rings. The molecule has 2 nitrogen and oxygen atoms in total. The Labute approximate surface area is 136 Å². The van der Waals surface area contributed by atoms with E-state index < -0.39 is 0 Å². The lowest BCUT2D eigenvalue weighted by Crippen LogP contribution is -2.22. The van der Waals surface area contributed by atoms with Gasteiger partial charge >= 0.3 is 0 Å². The van der Waals surface area contributed by atoms with Crippen LogP contribution in [-0.2, 0) is 6.54 Å². The summed E-state index contributed by atoms with van der Waals surface area (Å²) >= 11 is 12.3. The smallest absolute Gasteiger partial charge is 0.146 e. The van der Waals surface area contributed by atoms with Gasteiger partial charge in [0, 0.05) is 23.2 Å². The van der Waals surface area contributed by atoms with E-state index in [4.69, 9.17) is 27.9 Å². The summed E-state index contributed by atoms with van der Waals surface area (Å²) in [5.74, 6) is 1.37. The fraction of sp³-hybridized carbons (Fsp3) is 0.294. The van der Waals surface area contributed by atoms with Crippen molar-refractivity contribution in [2.75, 3.05) is 0 Å². The summed E-state index contributed by atoms with van der Waals surface area (Å²) in [6, 6.07) is 11.8. The summed E-state index contributed by atoms with van der Waals surface area (Å²) in [6.45, 7) is 6.93. The minimum absolute atomic E-state index is 0.399. The molecule has 0 bridgehead atoms. The number of ether oxygens (including phenoxy) is 1. The number of benzene rings is 2. The van der Waals surface area contributed by atoms with Crippen molar-refractivity contribution in [3.8, 4) is 11.5 Å². The van der Waals surface area contributed by atoms with Gasteiger partial charge in [-0.05, 0) is 36.8 Å². The van der Waals surface area contributed by atoms with Crippen LogP contribution in [0.5, 0.6) is 11.5 Å². The molecular formula is C17H19Cl2NO. The fourth-order valence-electron chi connectivity index (χ4n) is 1.89. The molecule has 0 aliphatic heterocycles. The van der Waals surface area contributed by atoms with Gasteiger partial charge in [-0.15, -0.1) is 0 Å². The van der Waals surface area contributed by atoms with E-state index in [1.165, 1.54) is 0 Å². The summed E-state index contributed by atoms with van der Waals surface area (Å²) in [6.07, 6.45) is 0. The van der Waals surface area contributed by atoms with E-state index in [0.29, 0.717) is 28.4 Å². The van der Waals surface area contributed by atoms with E-state index in [1.807, 2.05) is 43.3 Å². The van der Waals surface area contributed by atoms with Crippen molar-refractivity contribution in [3.05, 3.63) is 57.6 Å². The predicted octanol–water partition coefficient (Wildman–Crippen LogP) is 5.59. The van der Waals surface area contributed by atoms with Crippen molar-refractivity contribution in [1.82, 2.24) is 5.32 Å². The second-order valence-corrected chi connectivity index (χ2v) is 6.17. The predicted molar refractivity (Wildman–Crippen MR) is 89.7 cm³/mol. The Balaban J connectivity index is 2.29. The number of aryl methyl sites for hydroxylation is 1. The Morgan fingerprint density at radius 2 is 1.81 bits per heavy atom. The van der Waals surface area contributed by atoms with Crippen molar-refractivity contribution in [3.63, 3.8) is 0 Å². The molecule has 0 aromatic heterocycles. The number of hydrogen-bond donors (Lipinski definition) is 1. The molecule has 0 aliphatic carbocycles. The zero-order valence-corrected chi connectivity index (χ0v) is 13.9. The van der Waals surface area contributed by atoms with Gasteiger partial charge in [0.15, 0.2) is 0 Å². The molecule has 0 radical (unpaired) electrons. The Bertz CT molecular complexity index is 626. The van der Waals surface area contributed by atoms with E-state index >= 15 is 0 Å². The lowest BCUT2D eigenvalue weighted by molar-refractivity contribution is 0.469. The Kier molecular flexibility index (Phi) is 5.51. The summed E-state index contributed by atoms with van der Waals surface area (Å²) in [4.78, 5) is 0. The van der Waals surface area contributed by atoms with Gasteiger partial charge in [-0.25, -0.2) is 0 Å². The molecule has 112 valence electrons. The lowest BCUT2D eigenvalue weighted by Gasteiger charge is -2.15. The normalized spacial score (nSPS) is 11.0. The summed E-state index contributed by atoms with van der Waals surface area (Å²) < 4.78 is 5.98. The van der Waals surface area contributed by atoms with Crippen LogP contribution < -0.4 is 10.1 Å². The summed E-state index contributed by atoms with van der Waals surface area (Å²) in [5, 5.41) is 4.60. The highest BCUT2D eigenvalue weighted by atomic mass is 35.5. The second-order valence-electron chi connectivity index (χ2n) is 5.32. The van der Waals surface area contributed by atoms with Crippen molar-refractivity contribution in [2.45, 2.75) is 33.4 Å². The van der Waals surface area contributed by atoms with Crippen molar-refractivity contribution < 1.29 is 4.74 Å². The third-order valence-electron chi connectivity index (χ3n) is 3.04. The average Bonchev–Trinajstić information content (AvgIpc) is 2.42. The van der Waals surface area contributed by atoms with Gasteiger partial charge in [0.25, 0.3) is 0 Å². The molecule has 0 spiro atoms. The van der Waals surface area contributed by atoms with Crippen LogP contribution in [0.3, 0.4) is 0 Å². The molecule has 21 heavy (non-hydrogen) atoms. The number of halogens is 2. The summed E-state index contributed by atoms with van der Waals surface area (Å²) in [5.41, 5.74) is 2.14. The molecule has 1 N–H and O–H groups in total. The molecule has 0 saturated heterocycles. The molecule has 2 rings (SSSR count). The van der Waals surface area contributed by atoms with Crippen molar-refractivity contribution >= 4 is 23.2 Å². The van der Waals surface area contributed by atoms with Gasteiger partial charge in [-0.2, -0.15) is 0 Å². The van der Waals surface area contributed by atoms with Crippen LogP contribution in [0.4, 0.5) is 0 Å². The van der Waals surface area contributed by atoms with E-state index in [9.17, 15) is 0 Å². The van der Waals surface area contributed by atoms with Crippen LogP contribution in [0.15, 0.2) is 36.4 Å². The molecule has 0 aliphatic rings. The van der Waals surface area contributed by atoms with Crippen LogP contribution in [0, 0.1) is 6.92 Å². The molecule has 0 unspecified atom stereocenters. The van der Waals surface area contributed by atoms with Gasteiger partial charge in [0.1, 0.15) is 11.5 Å². The van der Waals surface area contributed by atoms with Crippen LogP contribution in [0.1, 0.15) is 25.0 Å². The molecule has 0 amide bonds. The minimum Gasteiger partial charge on any atom is -0.455 e. The van der Waals surface area contributed by atoms with Gasteiger partial charge < -0.3 is 10.1 Å². The van der Waals surface area contributed by atoms with Crippen LogP contribution >= 0.6 is 23.2 Å². The van der Waals surface area contributed by atoms with Crippen LogP contribution in [0.25, 0.3) is 0 Å². The Morgan fingerprint density at radius 1 is 1.05 bits per heavy atom. The average molecular weight is 324 g/mol. The van der Waals surface area contributed by atoms with Gasteiger partial charge in [-0.3, -0.25) is 0 Å². The van der Waals surface area contributed by atoms with E-state index in [2.05, 4.69) is 19.2 Å².